The van der Waals surface area contributed by atoms with Gasteiger partial charge in [-0.25, -0.2) is 0 Å². The molecule has 0 saturated carbocycles. The van der Waals surface area contributed by atoms with Crippen LogP contribution in [0.25, 0.3) is 0 Å². The summed E-state index contributed by atoms with van der Waals surface area (Å²) in [5, 5.41) is 3.61. The van der Waals surface area contributed by atoms with Gasteiger partial charge in [0.2, 0.25) is 0 Å². The van der Waals surface area contributed by atoms with Crippen LogP contribution in [0.3, 0.4) is 0 Å². The Morgan fingerprint density at radius 1 is 1.47 bits per heavy atom. The molecule has 0 aliphatic heterocycles. The van der Waals surface area contributed by atoms with Crippen molar-refractivity contribution in [2.45, 2.75) is 45.1 Å². The van der Waals surface area contributed by atoms with Crippen LogP contribution in [0.15, 0.2) is 18.2 Å². The van der Waals surface area contributed by atoms with E-state index in [1.165, 1.54) is 30.4 Å². The maximum atomic E-state index is 5.33. The van der Waals surface area contributed by atoms with Gasteiger partial charge >= 0.3 is 0 Å². The van der Waals surface area contributed by atoms with Crippen LogP contribution in [0.4, 0.5) is 0 Å². The van der Waals surface area contributed by atoms with Gasteiger partial charge in [0.15, 0.2) is 0 Å². The molecule has 0 bridgehead atoms. The number of hydrogen-bond donors (Lipinski definition) is 1. The Balaban J connectivity index is 2.14. The van der Waals surface area contributed by atoms with Crippen LogP contribution in [0.2, 0.25) is 0 Å². The van der Waals surface area contributed by atoms with Crippen LogP contribution in [0, 0.1) is 0 Å². The number of nitrogens with one attached hydrogen (secondary N) is 1. The molecule has 0 heterocycles. The molecule has 0 saturated heterocycles. The van der Waals surface area contributed by atoms with Crippen LogP contribution in [-0.4, -0.2) is 19.7 Å². The lowest BCUT2D eigenvalue weighted by molar-refractivity contribution is 0.412. The SMILES string of the molecule is CCCNC(C)C1CCc2ccc(OC)cc21. The number of hydrogen-bond acceptors (Lipinski definition) is 2. The number of aryl methyl sites for hydroxylation is 1. The van der Waals surface area contributed by atoms with Crippen molar-refractivity contribution in [1.29, 1.82) is 0 Å². The summed E-state index contributed by atoms with van der Waals surface area (Å²) in [5.74, 6) is 1.63. The van der Waals surface area contributed by atoms with Crippen molar-refractivity contribution in [3.8, 4) is 5.75 Å². The molecule has 0 amide bonds. The Labute approximate surface area is 104 Å². The lowest BCUT2D eigenvalue weighted by Crippen LogP contribution is -2.31. The summed E-state index contributed by atoms with van der Waals surface area (Å²) in [5.41, 5.74) is 2.99. The molecule has 2 rings (SSSR count). The topological polar surface area (TPSA) is 21.3 Å². The first-order valence-corrected chi connectivity index (χ1v) is 6.66. The number of methoxy groups -OCH3 is 1. The van der Waals surface area contributed by atoms with Crippen molar-refractivity contribution in [1.82, 2.24) is 5.32 Å². The lowest BCUT2D eigenvalue weighted by atomic mass is 9.94. The monoisotopic (exact) mass is 233 g/mol. The molecule has 0 radical (unpaired) electrons. The van der Waals surface area contributed by atoms with Crippen LogP contribution in [-0.2, 0) is 6.42 Å². The number of benzene rings is 1. The van der Waals surface area contributed by atoms with E-state index in [-0.39, 0.29) is 0 Å². The van der Waals surface area contributed by atoms with Crippen LogP contribution >= 0.6 is 0 Å². The molecular formula is C15H23NO. The molecular weight excluding hydrogens is 210 g/mol. The maximum absolute atomic E-state index is 5.33. The average Bonchev–Trinajstić information content (AvgIpc) is 2.78. The van der Waals surface area contributed by atoms with E-state index in [1.807, 2.05) is 0 Å². The first-order chi connectivity index (χ1) is 8.26. The van der Waals surface area contributed by atoms with Gasteiger partial charge in [-0.3, -0.25) is 0 Å². The van der Waals surface area contributed by atoms with E-state index >= 15 is 0 Å². The molecule has 1 N–H and O–H groups in total. The zero-order valence-electron chi connectivity index (χ0n) is 11.1. The Hall–Kier alpha value is -1.02. The molecule has 1 aliphatic carbocycles. The highest BCUT2D eigenvalue weighted by atomic mass is 16.5. The normalized spacial score (nSPS) is 20.1. The largest absolute Gasteiger partial charge is 0.497 e. The van der Waals surface area contributed by atoms with Gasteiger partial charge in [-0.15, -0.1) is 0 Å². The highest BCUT2D eigenvalue weighted by molar-refractivity contribution is 5.41. The lowest BCUT2D eigenvalue weighted by Gasteiger charge is -2.22. The van der Waals surface area contributed by atoms with Crippen molar-refractivity contribution in [3.63, 3.8) is 0 Å². The number of fused-ring (bicyclic) bond motifs is 1. The second kappa shape index (κ2) is 5.54. The summed E-state index contributed by atoms with van der Waals surface area (Å²) in [4.78, 5) is 0. The molecule has 17 heavy (non-hydrogen) atoms. The smallest absolute Gasteiger partial charge is 0.119 e. The van der Waals surface area contributed by atoms with E-state index < -0.39 is 0 Å². The number of ether oxygens (including phenoxy) is 1. The molecule has 2 heteroatoms. The Morgan fingerprint density at radius 3 is 3.00 bits per heavy atom. The standard InChI is InChI=1S/C15H23NO/c1-4-9-16-11(2)14-8-6-12-5-7-13(17-3)10-15(12)14/h5,7,10-11,14,16H,4,6,8-9H2,1-3H3. The fourth-order valence-electron chi connectivity index (χ4n) is 2.77. The van der Waals surface area contributed by atoms with Crippen molar-refractivity contribution in [2.75, 3.05) is 13.7 Å². The molecule has 2 nitrogen and oxygen atoms in total. The van der Waals surface area contributed by atoms with Gasteiger partial charge < -0.3 is 10.1 Å². The minimum Gasteiger partial charge on any atom is -0.497 e. The summed E-state index contributed by atoms with van der Waals surface area (Å²) in [6, 6.07) is 7.08. The van der Waals surface area contributed by atoms with Gasteiger partial charge in [0.25, 0.3) is 0 Å². The predicted octanol–water partition coefficient (Wildman–Crippen LogP) is 3.11. The minimum atomic E-state index is 0.559. The molecule has 1 aliphatic rings. The highest BCUT2D eigenvalue weighted by Crippen LogP contribution is 2.37. The summed E-state index contributed by atoms with van der Waals surface area (Å²) in [7, 11) is 1.74. The quantitative estimate of drug-likeness (QED) is 0.843. The zero-order valence-corrected chi connectivity index (χ0v) is 11.1. The maximum Gasteiger partial charge on any atom is 0.119 e. The number of rotatable bonds is 5. The Kier molecular flexibility index (Phi) is 4.06. The van der Waals surface area contributed by atoms with Crippen molar-refractivity contribution in [3.05, 3.63) is 29.3 Å². The van der Waals surface area contributed by atoms with Crippen molar-refractivity contribution in [2.24, 2.45) is 0 Å². The van der Waals surface area contributed by atoms with Crippen LogP contribution < -0.4 is 10.1 Å². The van der Waals surface area contributed by atoms with E-state index in [1.54, 1.807) is 7.11 Å². The van der Waals surface area contributed by atoms with Crippen LogP contribution in [0.1, 0.15) is 43.7 Å². The molecule has 1 aromatic carbocycles. The van der Waals surface area contributed by atoms with E-state index in [2.05, 4.69) is 37.4 Å². The molecule has 0 spiro atoms. The van der Waals surface area contributed by atoms with E-state index in [0.29, 0.717) is 12.0 Å². The predicted molar refractivity (Wildman–Crippen MR) is 71.8 cm³/mol. The van der Waals surface area contributed by atoms with Crippen molar-refractivity contribution < 1.29 is 4.74 Å². The van der Waals surface area contributed by atoms with Gasteiger partial charge in [0.1, 0.15) is 5.75 Å². The van der Waals surface area contributed by atoms with Crippen molar-refractivity contribution >= 4 is 0 Å². The zero-order chi connectivity index (χ0) is 12.3. The fourth-order valence-corrected chi connectivity index (χ4v) is 2.77. The molecule has 2 unspecified atom stereocenters. The summed E-state index contributed by atoms with van der Waals surface area (Å²) in [6.07, 6.45) is 3.67. The van der Waals surface area contributed by atoms with Gasteiger partial charge in [0, 0.05) is 6.04 Å². The van der Waals surface area contributed by atoms with Gasteiger partial charge in [0.05, 0.1) is 7.11 Å². The second-order valence-corrected chi connectivity index (χ2v) is 4.95. The van der Waals surface area contributed by atoms with E-state index in [9.17, 15) is 0 Å². The third-order valence-electron chi connectivity index (χ3n) is 3.80. The Morgan fingerprint density at radius 2 is 2.29 bits per heavy atom. The van der Waals surface area contributed by atoms with Gasteiger partial charge in [-0.2, -0.15) is 0 Å². The first kappa shape index (κ1) is 12.4. The average molecular weight is 233 g/mol. The molecule has 1 aromatic rings. The second-order valence-electron chi connectivity index (χ2n) is 4.95. The van der Waals surface area contributed by atoms with Gasteiger partial charge in [-0.1, -0.05) is 13.0 Å². The Bertz CT molecular complexity index is 375. The summed E-state index contributed by atoms with van der Waals surface area (Å²) < 4.78 is 5.33. The third-order valence-corrected chi connectivity index (χ3v) is 3.80. The van der Waals surface area contributed by atoms with Gasteiger partial charge in [-0.05, 0) is 61.9 Å². The summed E-state index contributed by atoms with van der Waals surface area (Å²) >= 11 is 0. The first-order valence-electron chi connectivity index (χ1n) is 6.66. The fraction of sp³-hybridized carbons (Fsp3) is 0.600. The van der Waals surface area contributed by atoms with E-state index in [0.717, 1.165) is 12.3 Å². The molecule has 0 aromatic heterocycles. The molecule has 2 atom stereocenters. The minimum absolute atomic E-state index is 0.559. The third kappa shape index (κ3) is 2.63. The van der Waals surface area contributed by atoms with E-state index in [4.69, 9.17) is 4.74 Å². The van der Waals surface area contributed by atoms with Crippen LogP contribution in [0.5, 0.6) is 5.75 Å². The molecule has 94 valence electrons. The molecule has 0 fully saturated rings. The highest BCUT2D eigenvalue weighted by Gasteiger charge is 2.27. The summed E-state index contributed by atoms with van der Waals surface area (Å²) in [6.45, 7) is 5.62.